The Balaban J connectivity index is 0. The van der Waals surface area contributed by atoms with Crippen molar-refractivity contribution in [2.75, 3.05) is 0 Å². The van der Waals surface area contributed by atoms with Crippen molar-refractivity contribution in [2.24, 2.45) is 0 Å². The number of unbranched alkanes of at least 4 members (excludes halogenated alkanes) is 2. The molecule has 0 aromatic rings. The van der Waals surface area contributed by atoms with Gasteiger partial charge in [0.1, 0.15) is 0 Å². The van der Waals surface area contributed by atoms with E-state index in [1.807, 2.05) is 12.2 Å². The van der Waals surface area contributed by atoms with Gasteiger partial charge in [-0.2, -0.15) is 12.5 Å². The third-order valence-corrected chi connectivity index (χ3v) is 1.19. The predicted octanol–water partition coefficient (Wildman–Crippen LogP) is 3.31. The number of hydrogen-bond donors (Lipinski definition) is 0. The molecular weight excluding hydrogens is 176 g/mol. The van der Waals surface area contributed by atoms with Gasteiger partial charge in [-0.3, -0.25) is 6.08 Å². The Morgan fingerprint density at radius 1 is 1.55 bits per heavy atom. The number of rotatable bonds is 2. The van der Waals surface area contributed by atoms with Crippen LogP contribution in [0.25, 0.3) is 0 Å². The molecule has 0 amide bonds. The van der Waals surface area contributed by atoms with E-state index in [0.717, 1.165) is 12.8 Å². The van der Waals surface area contributed by atoms with Gasteiger partial charge in [0.05, 0.1) is 0 Å². The molecule has 0 fully saturated rings. The van der Waals surface area contributed by atoms with E-state index in [-0.39, 0.29) is 17.1 Å². The van der Waals surface area contributed by atoms with Crippen molar-refractivity contribution in [1.82, 2.24) is 0 Å². The molecule has 1 rings (SSSR count). The Kier molecular flexibility index (Phi) is 15.6. The summed E-state index contributed by atoms with van der Waals surface area (Å²) < 4.78 is 0. The second-order valence-electron chi connectivity index (χ2n) is 2.21. The van der Waals surface area contributed by atoms with E-state index in [1.54, 1.807) is 0 Å². The van der Waals surface area contributed by atoms with E-state index in [2.05, 4.69) is 26.0 Å². The molecule has 1 heteroatoms. The topological polar surface area (TPSA) is 0 Å². The molecule has 11 heavy (non-hydrogen) atoms. The van der Waals surface area contributed by atoms with Crippen molar-refractivity contribution in [3.63, 3.8) is 0 Å². The minimum Gasteiger partial charge on any atom is -0.343 e. The minimum absolute atomic E-state index is 0. The second-order valence-corrected chi connectivity index (χ2v) is 2.21. The summed E-state index contributed by atoms with van der Waals surface area (Å²) in [6.07, 6.45) is 13.7. The third-order valence-electron chi connectivity index (χ3n) is 1.19. The molecule has 0 N–H and O–H groups in total. The maximum absolute atomic E-state index is 3.68. The molecule has 0 atom stereocenters. The van der Waals surface area contributed by atoms with E-state index in [0.29, 0.717) is 0 Å². The molecule has 0 bridgehead atoms. The van der Waals surface area contributed by atoms with Crippen LogP contribution < -0.4 is 0 Å². The zero-order chi connectivity index (χ0) is 7.66. The molecular formula is C10H16Fe. The quantitative estimate of drug-likeness (QED) is 0.465. The van der Waals surface area contributed by atoms with Gasteiger partial charge in [-0.05, 0) is 0 Å². The van der Waals surface area contributed by atoms with E-state index < -0.39 is 0 Å². The molecule has 1 aliphatic carbocycles. The predicted molar refractivity (Wildman–Crippen MR) is 46.5 cm³/mol. The molecule has 0 saturated carbocycles. The summed E-state index contributed by atoms with van der Waals surface area (Å²) in [6.45, 7) is 5.85. The van der Waals surface area contributed by atoms with Crippen molar-refractivity contribution in [3.8, 4) is 0 Å². The van der Waals surface area contributed by atoms with Crippen LogP contribution in [0.2, 0.25) is 0 Å². The van der Waals surface area contributed by atoms with Gasteiger partial charge in [-0.25, -0.2) is 12.2 Å². The van der Waals surface area contributed by atoms with E-state index in [9.17, 15) is 0 Å². The first-order valence-corrected chi connectivity index (χ1v) is 3.92. The molecule has 64 valence electrons. The van der Waals surface area contributed by atoms with Gasteiger partial charge >= 0.3 is 17.1 Å². The Morgan fingerprint density at radius 3 is 2.36 bits per heavy atom. The van der Waals surface area contributed by atoms with E-state index >= 15 is 0 Å². The molecule has 0 nitrogen and oxygen atoms in total. The molecule has 0 unspecified atom stereocenters. The number of allylic oxidation sites excluding steroid dienone is 4. The summed E-state index contributed by atoms with van der Waals surface area (Å²) in [6, 6.07) is 0. The standard InChI is InChI=1S/C5H5.C5H11.Fe/c1-2-4-5-3-1;1-3-5-4-2;/h1-3H,4H2;1,3-5H2,2H3;/q2*-1;+2. The molecule has 0 radical (unpaired) electrons. The first-order valence-electron chi connectivity index (χ1n) is 3.92. The first kappa shape index (κ1) is 13.6. The van der Waals surface area contributed by atoms with Crippen molar-refractivity contribution in [2.45, 2.75) is 32.6 Å². The molecule has 0 aromatic heterocycles. The zero-order valence-electron chi connectivity index (χ0n) is 7.12. The van der Waals surface area contributed by atoms with Gasteiger partial charge < -0.3 is 6.92 Å². The average molecular weight is 192 g/mol. The third kappa shape index (κ3) is 13.1. The zero-order valence-corrected chi connectivity index (χ0v) is 8.23. The van der Waals surface area contributed by atoms with Crippen LogP contribution >= 0.6 is 0 Å². The van der Waals surface area contributed by atoms with Crippen LogP contribution in [0.4, 0.5) is 0 Å². The van der Waals surface area contributed by atoms with Crippen LogP contribution in [-0.4, -0.2) is 0 Å². The van der Waals surface area contributed by atoms with Gasteiger partial charge in [0.15, 0.2) is 0 Å². The SMILES string of the molecule is [C-]1=CC=CC1.[CH2-]CCCC.[Fe+2]. The van der Waals surface area contributed by atoms with Crippen LogP contribution in [-0.2, 0) is 17.1 Å². The van der Waals surface area contributed by atoms with Gasteiger partial charge in [0, 0.05) is 0 Å². The molecule has 0 heterocycles. The van der Waals surface area contributed by atoms with Crippen molar-refractivity contribution in [1.29, 1.82) is 0 Å². The second kappa shape index (κ2) is 12.7. The summed E-state index contributed by atoms with van der Waals surface area (Å²) in [5, 5.41) is 0. The van der Waals surface area contributed by atoms with Crippen LogP contribution in [0.1, 0.15) is 32.6 Å². The maximum atomic E-state index is 3.68. The molecule has 0 aliphatic heterocycles. The molecule has 0 aromatic carbocycles. The smallest absolute Gasteiger partial charge is 0.343 e. The van der Waals surface area contributed by atoms with Crippen molar-refractivity contribution < 1.29 is 17.1 Å². The van der Waals surface area contributed by atoms with Crippen molar-refractivity contribution >= 4 is 0 Å². The van der Waals surface area contributed by atoms with E-state index in [4.69, 9.17) is 0 Å². The minimum atomic E-state index is 0. The number of hydrogen-bond acceptors (Lipinski definition) is 0. The van der Waals surface area contributed by atoms with Gasteiger partial charge in [-0.15, -0.1) is 6.42 Å². The average Bonchev–Trinajstić information content (AvgIpc) is 2.44. The Morgan fingerprint density at radius 2 is 2.27 bits per heavy atom. The first-order chi connectivity index (χ1) is 4.91. The monoisotopic (exact) mass is 192 g/mol. The van der Waals surface area contributed by atoms with Crippen molar-refractivity contribution in [3.05, 3.63) is 31.2 Å². The van der Waals surface area contributed by atoms with Crippen LogP contribution in [0, 0.1) is 13.0 Å². The molecule has 1 aliphatic rings. The summed E-state index contributed by atoms with van der Waals surface area (Å²) in [5.74, 6) is 0. The molecule has 0 spiro atoms. The summed E-state index contributed by atoms with van der Waals surface area (Å²) >= 11 is 0. The fourth-order valence-electron chi connectivity index (χ4n) is 0.590. The maximum Gasteiger partial charge on any atom is 2.00 e. The van der Waals surface area contributed by atoms with Crippen LogP contribution in [0.5, 0.6) is 0 Å². The van der Waals surface area contributed by atoms with Crippen LogP contribution in [0.15, 0.2) is 18.2 Å². The summed E-state index contributed by atoms with van der Waals surface area (Å²) in [7, 11) is 0. The van der Waals surface area contributed by atoms with Crippen LogP contribution in [0.3, 0.4) is 0 Å². The Bertz CT molecular complexity index is 91.4. The fraction of sp³-hybridized carbons (Fsp3) is 0.500. The normalized spacial score (nSPS) is 11.8. The Labute approximate surface area is 81.2 Å². The van der Waals surface area contributed by atoms with E-state index in [1.165, 1.54) is 12.8 Å². The summed E-state index contributed by atoms with van der Waals surface area (Å²) in [5.41, 5.74) is 0. The molecule has 0 saturated heterocycles. The largest absolute Gasteiger partial charge is 2.00 e. The fourth-order valence-corrected chi connectivity index (χ4v) is 0.590. The van der Waals surface area contributed by atoms with Gasteiger partial charge in [-0.1, -0.05) is 19.8 Å². The Hall–Kier alpha value is -0.000519. The van der Waals surface area contributed by atoms with Gasteiger partial charge in [0.2, 0.25) is 0 Å². The summed E-state index contributed by atoms with van der Waals surface area (Å²) in [4.78, 5) is 0. The van der Waals surface area contributed by atoms with Gasteiger partial charge in [0.25, 0.3) is 0 Å².